The lowest BCUT2D eigenvalue weighted by atomic mass is 10.2. The molecule has 3 rings (SSSR count). The van der Waals surface area contributed by atoms with Crippen LogP contribution in [0.5, 0.6) is 0 Å². The number of anilines is 1. The molecule has 1 aromatic heterocycles. The van der Waals surface area contributed by atoms with Crippen molar-refractivity contribution in [2.24, 2.45) is 0 Å². The Morgan fingerprint density at radius 1 is 1.33 bits per heavy atom. The topological polar surface area (TPSA) is 43.8 Å². The number of hydrogen-bond donors (Lipinski definition) is 1. The number of rotatable bonds is 3. The van der Waals surface area contributed by atoms with Gasteiger partial charge in [-0.1, -0.05) is 0 Å². The van der Waals surface area contributed by atoms with Crippen molar-refractivity contribution in [2.45, 2.75) is 25.3 Å². The standard InChI is InChI=1S/C13H18N2O2S/c16-13(17)12-7-11(9-18-12)15-6-3-10(8-15)14-4-1-2-5-14/h7,9-10H,1-6,8H2,(H,16,17). The van der Waals surface area contributed by atoms with Gasteiger partial charge in [-0.15, -0.1) is 11.3 Å². The molecule has 0 spiro atoms. The van der Waals surface area contributed by atoms with Gasteiger partial charge in [-0.25, -0.2) is 4.79 Å². The first kappa shape index (κ1) is 12.0. The molecule has 2 saturated heterocycles. The summed E-state index contributed by atoms with van der Waals surface area (Å²) >= 11 is 1.32. The monoisotopic (exact) mass is 266 g/mol. The summed E-state index contributed by atoms with van der Waals surface area (Å²) in [5.74, 6) is -0.818. The fourth-order valence-corrected chi connectivity index (χ4v) is 3.74. The zero-order valence-electron chi connectivity index (χ0n) is 10.3. The predicted molar refractivity (Wildman–Crippen MR) is 72.7 cm³/mol. The average Bonchev–Trinajstić information content (AvgIpc) is 3.10. The Labute approximate surface area is 111 Å². The van der Waals surface area contributed by atoms with Gasteiger partial charge in [-0.05, 0) is 38.4 Å². The molecule has 4 nitrogen and oxygen atoms in total. The Hall–Kier alpha value is -1.07. The summed E-state index contributed by atoms with van der Waals surface area (Å²) in [5, 5.41) is 10.9. The molecule has 3 heterocycles. The molecule has 0 saturated carbocycles. The Balaban J connectivity index is 1.65. The second kappa shape index (κ2) is 4.90. The maximum atomic E-state index is 10.9. The van der Waals surface area contributed by atoms with E-state index < -0.39 is 5.97 Å². The van der Waals surface area contributed by atoms with Crippen molar-refractivity contribution >= 4 is 23.0 Å². The molecule has 5 heteroatoms. The van der Waals surface area contributed by atoms with Gasteiger partial charge in [0, 0.05) is 30.2 Å². The summed E-state index contributed by atoms with van der Waals surface area (Å²) in [6, 6.07) is 2.47. The fourth-order valence-electron chi connectivity index (χ4n) is 2.99. The van der Waals surface area contributed by atoms with E-state index in [1.54, 1.807) is 6.07 Å². The molecule has 1 unspecified atom stereocenters. The second-order valence-electron chi connectivity index (χ2n) is 5.11. The number of hydrogen-bond acceptors (Lipinski definition) is 4. The van der Waals surface area contributed by atoms with Crippen molar-refractivity contribution in [1.29, 1.82) is 0 Å². The first-order chi connectivity index (χ1) is 8.74. The van der Waals surface area contributed by atoms with Gasteiger partial charge in [0.2, 0.25) is 0 Å². The van der Waals surface area contributed by atoms with Crippen LogP contribution in [0.25, 0.3) is 0 Å². The number of thiophene rings is 1. The third kappa shape index (κ3) is 2.24. The van der Waals surface area contributed by atoms with Gasteiger partial charge < -0.3 is 10.0 Å². The second-order valence-corrected chi connectivity index (χ2v) is 6.02. The Kier molecular flexibility index (Phi) is 3.26. The lowest BCUT2D eigenvalue weighted by Crippen LogP contribution is -2.35. The molecule has 0 radical (unpaired) electrons. The van der Waals surface area contributed by atoms with Gasteiger partial charge in [0.25, 0.3) is 0 Å². The number of carbonyl (C=O) groups is 1. The molecule has 0 aromatic carbocycles. The molecule has 2 fully saturated rings. The third-order valence-corrected chi connectivity index (χ3v) is 4.89. The molecule has 98 valence electrons. The van der Waals surface area contributed by atoms with E-state index >= 15 is 0 Å². The van der Waals surface area contributed by atoms with Crippen molar-refractivity contribution in [3.05, 3.63) is 16.3 Å². The van der Waals surface area contributed by atoms with Gasteiger partial charge in [0.05, 0.1) is 0 Å². The van der Waals surface area contributed by atoms with Gasteiger partial charge in [-0.3, -0.25) is 4.90 Å². The van der Waals surface area contributed by atoms with Gasteiger partial charge in [0.1, 0.15) is 4.88 Å². The van der Waals surface area contributed by atoms with E-state index in [4.69, 9.17) is 5.11 Å². The van der Waals surface area contributed by atoms with Gasteiger partial charge in [0.15, 0.2) is 0 Å². The molecule has 1 atom stereocenters. The number of likely N-dealkylation sites (tertiary alicyclic amines) is 1. The smallest absolute Gasteiger partial charge is 0.345 e. The number of carboxylic acid groups (broad SMARTS) is 1. The van der Waals surface area contributed by atoms with Crippen LogP contribution >= 0.6 is 11.3 Å². The van der Waals surface area contributed by atoms with Crippen molar-refractivity contribution in [3.8, 4) is 0 Å². The number of aromatic carboxylic acids is 1. The van der Waals surface area contributed by atoms with Crippen LogP contribution in [0.3, 0.4) is 0 Å². The zero-order valence-corrected chi connectivity index (χ0v) is 11.2. The Morgan fingerprint density at radius 3 is 2.78 bits per heavy atom. The van der Waals surface area contributed by atoms with Crippen LogP contribution < -0.4 is 4.90 Å². The first-order valence-electron chi connectivity index (χ1n) is 6.55. The predicted octanol–water partition coefficient (Wildman–Crippen LogP) is 2.12. The number of nitrogens with zero attached hydrogens (tertiary/aromatic N) is 2. The Bertz CT molecular complexity index is 440. The minimum Gasteiger partial charge on any atom is -0.477 e. The van der Waals surface area contributed by atoms with E-state index in [-0.39, 0.29) is 0 Å². The molecule has 18 heavy (non-hydrogen) atoms. The molecule has 1 N–H and O–H groups in total. The SMILES string of the molecule is O=C(O)c1cc(N2CCC(N3CCCC3)C2)cs1. The van der Waals surface area contributed by atoms with Crippen LogP contribution in [0, 0.1) is 0 Å². The summed E-state index contributed by atoms with van der Waals surface area (Å²) in [5.41, 5.74) is 1.08. The minimum absolute atomic E-state index is 0.439. The summed E-state index contributed by atoms with van der Waals surface area (Å²) in [6.45, 7) is 4.58. The number of carboxylic acids is 1. The van der Waals surface area contributed by atoms with Crippen LogP contribution in [0.1, 0.15) is 28.9 Å². The molecule has 1 aromatic rings. The lowest BCUT2D eigenvalue weighted by Gasteiger charge is -2.23. The van der Waals surface area contributed by atoms with Gasteiger partial charge in [-0.2, -0.15) is 0 Å². The average molecular weight is 266 g/mol. The van der Waals surface area contributed by atoms with E-state index in [9.17, 15) is 4.79 Å². The van der Waals surface area contributed by atoms with E-state index in [0.717, 1.165) is 18.8 Å². The van der Waals surface area contributed by atoms with Crippen molar-refractivity contribution in [2.75, 3.05) is 31.1 Å². The first-order valence-corrected chi connectivity index (χ1v) is 7.43. The van der Waals surface area contributed by atoms with E-state index in [2.05, 4.69) is 9.80 Å². The quantitative estimate of drug-likeness (QED) is 0.910. The van der Waals surface area contributed by atoms with Crippen LogP contribution in [0.15, 0.2) is 11.4 Å². The molecule has 2 aliphatic heterocycles. The maximum Gasteiger partial charge on any atom is 0.345 e. The van der Waals surface area contributed by atoms with Crippen LogP contribution in [0.4, 0.5) is 5.69 Å². The van der Waals surface area contributed by atoms with E-state index in [1.165, 1.54) is 43.7 Å². The Morgan fingerprint density at radius 2 is 2.11 bits per heavy atom. The minimum atomic E-state index is -0.818. The molecule has 0 amide bonds. The summed E-state index contributed by atoms with van der Waals surface area (Å²) in [7, 11) is 0. The zero-order chi connectivity index (χ0) is 12.5. The van der Waals surface area contributed by atoms with E-state index in [0.29, 0.717) is 10.9 Å². The molecule has 0 aliphatic carbocycles. The van der Waals surface area contributed by atoms with Gasteiger partial charge >= 0.3 is 5.97 Å². The summed E-state index contributed by atoms with van der Waals surface area (Å²) in [6.07, 6.45) is 3.87. The molecule has 2 aliphatic rings. The molecule has 0 bridgehead atoms. The lowest BCUT2D eigenvalue weighted by molar-refractivity contribution is 0.0702. The molecular formula is C13H18N2O2S. The largest absolute Gasteiger partial charge is 0.477 e. The highest BCUT2D eigenvalue weighted by Crippen LogP contribution is 2.28. The summed E-state index contributed by atoms with van der Waals surface area (Å²) < 4.78 is 0. The highest BCUT2D eigenvalue weighted by atomic mass is 32.1. The summed E-state index contributed by atoms with van der Waals surface area (Å²) in [4.78, 5) is 16.2. The highest BCUT2D eigenvalue weighted by molar-refractivity contribution is 7.12. The third-order valence-electron chi connectivity index (χ3n) is 3.98. The maximum absolute atomic E-state index is 10.9. The van der Waals surface area contributed by atoms with Crippen LogP contribution in [-0.2, 0) is 0 Å². The van der Waals surface area contributed by atoms with E-state index in [1.807, 2.05) is 5.38 Å². The van der Waals surface area contributed by atoms with Crippen LogP contribution in [0.2, 0.25) is 0 Å². The highest BCUT2D eigenvalue weighted by Gasteiger charge is 2.29. The van der Waals surface area contributed by atoms with Crippen molar-refractivity contribution in [1.82, 2.24) is 4.90 Å². The molecular weight excluding hydrogens is 248 g/mol. The van der Waals surface area contributed by atoms with Crippen LogP contribution in [-0.4, -0.2) is 48.2 Å². The van der Waals surface area contributed by atoms with Crippen molar-refractivity contribution in [3.63, 3.8) is 0 Å². The van der Waals surface area contributed by atoms with Crippen molar-refractivity contribution < 1.29 is 9.90 Å². The normalized spacial score (nSPS) is 24.9. The fraction of sp³-hybridized carbons (Fsp3) is 0.615.